The van der Waals surface area contributed by atoms with Crippen molar-refractivity contribution in [3.05, 3.63) is 23.3 Å². The van der Waals surface area contributed by atoms with Crippen molar-refractivity contribution in [2.45, 2.75) is 52.2 Å². The van der Waals surface area contributed by atoms with Crippen molar-refractivity contribution < 1.29 is 9.31 Å². The maximum Gasteiger partial charge on any atom is 0.495 e. The van der Waals surface area contributed by atoms with Crippen LogP contribution in [0.2, 0.25) is 0 Å². The Morgan fingerprint density at radius 2 is 1.76 bits per heavy atom. The summed E-state index contributed by atoms with van der Waals surface area (Å²) in [6, 6.07) is 4.39. The Balaban J connectivity index is 2.01. The minimum atomic E-state index is -0.357. The van der Waals surface area contributed by atoms with E-state index in [0.717, 1.165) is 37.2 Å². The van der Waals surface area contributed by atoms with Crippen molar-refractivity contribution in [1.82, 2.24) is 5.32 Å². The zero-order valence-electron chi connectivity index (χ0n) is 16.1. The average Bonchev–Trinajstić information content (AvgIpc) is 2.78. The lowest BCUT2D eigenvalue weighted by Gasteiger charge is -2.32. The van der Waals surface area contributed by atoms with E-state index in [1.54, 1.807) is 0 Å². The van der Waals surface area contributed by atoms with Crippen molar-refractivity contribution >= 4 is 18.3 Å². The number of rotatable bonds is 3. The highest BCUT2D eigenvalue weighted by molar-refractivity contribution is 6.62. The highest BCUT2D eigenvalue weighted by Crippen LogP contribution is 2.37. The van der Waals surface area contributed by atoms with Gasteiger partial charge in [0.25, 0.3) is 0 Å². The van der Waals surface area contributed by atoms with Crippen molar-refractivity contribution in [3.63, 3.8) is 0 Å². The molecule has 25 heavy (non-hydrogen) atoms. The van der Waals surface area contributed by atoms with Gasteiger partial charge in [0.05, 0.1) is 11.2 Å². The predicted octanol–water partition coefficient (Wildman–Crippen LogP) is 1.88. The smallest absolute Gasteiger partial charge is 0.399 e. The Morgan fingerprint density at radius 3 is 2.32 bits per heavy atom. The van der Waals surface area contributed by atoms with Gasteiger partial charge in [-0.15, -0.1) is 12.3 Å². The van der Waals surface area contributed by atoms with Crippen molar-refractivity contribution in [2.24, 2.45) is 0 Å². The lowest BCUT2D eigenvalue weighted by Crippen LogP contribution is -2.45. The number of nitrogens with zero attached hydrogens (tertiary/aromatic N) is 1. The van der Waals surface area contributed by atoms with Gasteiger partial charge in [-0.05, 0) is 57.3 Å². The first-order valence-electron chi connectivity index (χ1n) is 9.13. The quantitative estimate of drug-likeness (QED) is 0.673. The molecule has 0 aromatic heterocycles. The zero-order valence-corrected chi connectivity index (χ0v) is 16.1. The van der Waals surface area contributed by atoms with E-state index in [2.05, 4.69) is 62.9 Å². The lowest BCUT2D eigenvalue weighted by molar-refractivity contribution is 0.00578. The maximum atomic E-state index is 6.30. The van der Waals surface area contributed by atoms with Gasteiger partial charge < -0.3 is 19.5 Å². The largest absolute Gasteiger partial charge is 0.495 e. The Kier molecular flexibility index (Phi) is 4.90. The van der Waals surface area contributed by atoms with E-state index in [0.29, 0.717) is 6.42 Å². The number of benzene rings is 1. The molecule has 0 spiro atoms. The summed E-state index contributed by atoms with van der Waals surface area (Å²) >= 11 is 0. The van der Waals surface area contributed by atoms with Gasteiger partial charge in [-0.25, -0.2) is 0 Å². The molecule has 0 amide bonds. The van der Waals surface area contributed by atoms with E-state index in [9.17, 15) is 0 Å². The molecule has 0 saturated carbocycles. The summed E-state index contributed by atoms with van der Waals surface area (Å²) < 4.78 is 12.6. The Morgan fingerprint density at radius 1 is 1.16 bits per heavy atom. The summed E-state index contributed by atoms with van der Waals surface area (Å²) in [7, 11) is -0.357. The molecule has 134 valence electrons. The Hall–Kier alpha value is -1.48. The van der Waals surface area contributed by atoms with Crippen LogP contribution in [-0.4, -0.2) is 44.5 Å². The molecular weight excluding hydrogens is 311 g/mol. The average molecular weight is 340 g/mol. The monoisotopic (exact) mass is 340 g/mol. The maximum absolute atomic E-state index is 6.30. The number of piperazine rings is 1. The fraction of sp³-hybridized carbons (Fsp3) is 0.600. The summed E-state index contributed by atoms with van der Waals surface area (Å²) in [6.45, 7) is 14.5. The number of nitrogens with one attached hydrogen (secondary N) is 1. The number of hydrogen-bond acceptors (Lipinski definition) is 4. The Bertz CT molecular complexity index is 672. The SMILES string of the molecule is C#CCc1cc(B2OC(C)(C)C(C)(C)O2)c(C)c(N2CCNCC2)c1. The molecule has 0 radical (unpaired) electrons. The summed E-state index contributed by atoms with van der Waals surface area (Å²) in [5.41, 5.74) is 4.02. The summed E-state index contributed by atoms with van der Waals surface area (Å²) in [5, 5.41) is 3.41. The van der Waals surface area contributed by atoms with Crippen molar-refractivity contribution in [3.8, 4) is 12.3 Å². The predicted molar refractivity (Wildman–Crippen MR) is 105 cm³/mol. The van der Waals surface area contributed by atoms with Crippen molar-refractivity contribution in [2.75, 3.05) is 31.1 Å². The van der Waals surface area contributed by atoms with E-state index in [-0.39, 0.29) is 18.3 Å². The Labute approximate surface area is 152 Å². The minimum absolute atomic E-state index is 0.346. The molecule has 2 aliphatic heterocycles. The highest BCUT2D eigenvalue weighted by Gasteiger charge is 2.52. The first-order chi connectivity index (χ1) is 11.7. The summed E-state index contributed by atoms with van der Waals surface area (Å²) in [5.74, 6) is 2.77. The van der Waals surface area contributed by atoms with Crippen LogP contribution in [0.5, 0.6) is 0 Å². The molecule has 1 N–H and O–H groups in total. The van der Waals surface area contributed by atoms with Crippen LogP contribution in [0, 0.1) is 19.3 Å². The third-order valence-electron chi connectivity index (χ3n) is 5.75. The van der Waals surface area contributed by atoms with Gasteiger partial charge in [0.1, 0.15) is 0 Å². The second kappa shape index (κ2) is 6.68. The molecule has 2 aliphatic rings. The van der Waals surface area contributed by atoms with Crippen LogP contribution < -0.4 is 15.7 Å². The van der Waals surface area contributed by atoms with E-state index < -0.39 is 0 Å². The topological polar surface area (TPSA) is 33.7 Å². The van der Waals surface area contributed by atoms with E-state index >= 15 is 0 Å². The molecule has 1 aromatic carbocycles. The highest BCUT2D eigenvalue weighted by atomic mass is 16.7. The minimum Gasteiger partial charge on any atom is -0.399 e. The van der Waals surface area contributed by atoms with Crippen LogP contribution in [0.3, 0.4) is 0 Å². The molecule has 0 aliphatic carbocycles. The molecule has 5 heteroatoms. The summed E-state index contributed by atoms with van der Waals surface area (Å²) in [6.07, 6.45) is 6.20. The van der Waals surface area contributed by atoms with Crippen LogP contribution in [0.1, 0.15) is 38.8 Å². The summed E-state index contributed by atoms with van der Waals surface area (Å²) in [4.78, 5) is 2.43. The van der Waals surface area contributed by atoms with E-state index in [1.807, 2.05) is 0 Å². The molecule has 0 atom stereocenters. The van der Waals surface area contributed by atoms with Crippen LogP contribution in [0.25, 0.3) is 0 Å². The molecule has 1 aromatic rings. The zero-order chi connectivity index (χ0) is 18.2. The lowest BCUT2D eigenvalue weighted by atomic mass is 9.74. The third-order valence-corrected chi connectivity index (χ3v) is 5.75. The molecule has 0 unspecified atom stereocenters. The molecule has 2 saturated heterocycles. The second-order valence-corrected chi connectivity index (χ2v) is 8.04. The van der Waals surface area contributed by atoms with Crippen molar-refractivity contribution in [1.29, 1.82) is 0 Å². The van der Waals surface area contributed by atoms with E-state index in [4.69, 9.17) is 15.7 Å². The first kappa shape index (κ1) is 18.3. The van der Waals surface area contributed by atoms with Gasteiger partial charge in [-0.3, -0.25) is 0 Å². The standard InChI is InChI=1S/C20H29BN2O2/c1-7-8-16-13-17(21-24-19(3,4)20(5,6)25-21)15(2)18(14-16)23-11-9-22-10-12-23/h1,13-14,22H,8-12H2,2-6H3. The fourth-order valence-corrected chi connectivity index (χ4v) is 3.45. The molecule has 0 bridgehead atoms. The third kappa shape index (κ3) is 3.44. The van der Waals surface area contributed by atoms with Crippen LogP contribution in [-0.2, 0) is 15.7 Å². The van der Waals surface area contributed by atoms with Gasteiger partial charge in [-0.1, -0.05) is 6.07 Å². The fourth-order valence-electron chi connectivity index (χ4n) is 3.45. The number of terminal acetylenes is 1. The van der Waals surface area contributed by atoms with Gasteiger partial charge >= 0.3 is 7.12 Å². The molecule has 2 heterocycles. The van der Waals surface area contributed by atoms with Gasteiger partial charge in [0.15, 0.2) is 0 Å². The second-order valence-electron chi connectivity index (χ2n) is 8.04. The molecule has 4 nitrogen and oxygen atoms in total. The van der Waals surface area contributed by atoms with Gasteiger partial charge in [-0.2, -0.15) is 0 Å². The van der Waals surface area contributed by atoms with Crippen LogP contribution >= 0.6 is 0 Å². The normalized spacial score (nSPS) is 22.1. The molecule has 3 rings (SSSR count). The van der Waals surface area contributed by atoms with E-state index in [1.165, 1.54) is 11.3 Å². The number of hydrogen-bond donors (Lipinski definition) is 1. The number of anilines is 1. The molecular formula is C20H29BN2O2. The molecule has 2 fully saturated rings. The van der Waals surface area contributed by atoms with Gasteiger partial charge in [0, 0.05) is 38.3 Å². The van der Waals surface area contributed by atoms with Crippen LogP contribution in [0.4, 0.5) is 5.69 Å². The van der Waals surface area contributed by atoms with Gasteiger partial charge in [0.2, 0.25) is 0 Å². The van der Waals surface area contributed by atoms with Crippen LogP contribution in [0.15, 0.2) is 12.1 Å². The first-order valence-corrected chi connectivity index (χ1v) is 9.13.